The van der Waals surface area contributed by atoms with Crippen molar-refractivity contribution in [3.05, 3.63) is 54.4 Å². The summed E-state index contributed by atoms with van der Waals surface area (Å²) >= 11 is 1.43. The van der Waals surface area contributed by atoms with Gasteiger partial charge in [0.15, 0.2) is 5.82 Å². The maximum atomic E-state index is 9.77. The number of aromatic amines is 1. The Labute approximate surface area is 164 Å². The molecule has 2 N–H and O–H groups in total. The Balaban J connectivity index is 1.79. The lowest BCUT2D eigenvalue weighted by molar-refractivity contribution is 0.341. The topological polar surface area (TPSA) is 112 Å². The first kappa shape index (κ1) is 17.6. The number of nitriles is 1. The van der Waals surface area contributed by atoms with Gasteiger partial charge in [0.05, 0.1) is 28.0 Å². The predicted octanol–water partition coefficient (Wildman–Crippen LogP) is 3.80. The Morgan fingerprint density at radius 1 is 1.32 bits per heavy atom. The van der Waals surface area contributed by atoms with E-state index in [1.165, 1.54) is 17.7 Å². The van der Waals surface area contributed by atoms with Crippen LogP contribution in [0.4, 0.5) is 5.82 Å². The smallest absolute Gasteiger partial charge is 0.167 e. The first-order chi connectivity index (χ1) is 13.8. The van der Waals surface area contributed by atoms with E-state index in [9.17, 15) is 5.26 Å². The summed E-state index contributed by atoms with van der Waals surface area (Å²) < 4.78 is 6.48. The van der Waals surface area contributed by atoms with Gasteiger partial charge in [-0.3, -0.25) is 5.43 Å². The number of H-pyrrole nitrogens is 1. The fourth-order valence-corrected chi connectivity index (χ4v) is 3.89. The van der Waals surface area contributed by atoms with Crippen molar-refractivity contribution in [3.63, 3.8) is 0 Å². The average Bonchev–Trinajstić information content (AvgIpc) is 3.36. The number of nitrogens with one attached hydrogen (secondary N) is 2. The fourth-order valence-electron chi connectivity index (χ4n) is 2.72. The third kappa shape index (κ3) is 3.28. The second-order valence-corrected chi connectivity index (χ2v) is 6.61. The van der Waals surface area contributed by atoms with Gasteiger partial charge in [-0.15, -0.1) is 11.3 Å². The average molecular weight is 389 g/mol. The Bertz CT molecular complexity index is 1170. The molecule has 0 amide bonds. The number of imidazole rings is 1. The van der Waals surface area contributed by atoms with Crippen LogP contribution in [0.25, 0.3) is 20.7 Å². The molecule has 0 spiro atoms. The second-order valence-electron chi connectivity index (χ2n) is 5.59. The molecule has 0 saturated heterocycles. The summed E-state index contributed by atoms with van der Waals surface area (Å²) in [7, 11) is 0. The van der Waals surface area contributed by atoms with Crippen LogP contribution in [0.15, 0.2) is 48.1 Å². The first-order valence-corrected chi connectivity index (χ1v) is 9.31. The molecule has 0 atom stereocenters. The van der Waals surface area contributed by atoms with Gasteiger partial charge in [-0.2, -0.15) is 10.4 Å². The highest BCUT2D eigenvalue weighted by Crippen LogP contribution is 2.43. The molecule has 3 heterocycles. The monoisotopic (exact) mass is 389 g/mol. The summed E-state index contributed by atoms with van der Waals surface area (Å²) in [4.78, 5) is 16.4. The molecule has 9 heteroatoms. The number of hydrazone groups is 1. The van der Waals surface area contributed by atoms with E-state index in [4.69, 9.17) is 4.74 Å². The highest BCUT2D eigenvalue weighted by molar-refractivity contribution is 7.23. The number of thiophene rings is 1. The second kappa shape index (κ2) is 7.85. The van der Waals surface area contributed by atoms with E-state index in [1.807, 2.05) is 31.2 Å². The molecule has 0 unspecified atom stereocenters. The van der Waals surface area contributed by atoms with Crippen molar-refractivity contribution in [1.82, 2.24) is 19.9 Å². The number of nitrogens with zero attached hydrogens (tertiary/aromatic N) is 5. The van der Waals surface area contributed by atoms with Crippen molar-refractivity contribution in [2.45, 2.75) is 6.92 Å². The van der Waals surface area contributed by atoms with E-state index < -0.39 is 0 Å². The maximum Gasteiger partial charge on any atom is 0.167 e. The predicted molar refractivity (Wildman–Crippen MR) is 109 cm³/mol. The van der Waals surface area contributed by atoms with Crippen molar-refractivity contribution in [2.24, 2.45) is 5.10 Å². The highest BCUT2D eigenvalue weighted by Gasteiger charge is 2.20. The Morgan fingerprint density at radius 2 is 2.21 bits per heavy atom. The molecule has 0 aliphatic rings. The molecule has 0 bridgehead atoms. The summed E-state index contributed by atoms with van der Waals surface area (Å²) in [5.41, 5.74) is 4.84. The van der Waals surface area contributed by atoms with Crippen LogP contribution in [-0.4, -0.2) is 32.8 Å². The number of benzene rings is 1. The molecule has 138 valence electrons. The number of fused-ring (bicyclic) bond motifs is 1. The van der Waals surface area contributed by atoms with Gasteiger partial charge in [0.1, 0.15) is 29.5 Å². The van der Waals surface area contributed by atoms with Crippen molar-refractivity contribution >= 4 is 33.6 Å². The number of hydrogen-bond acceptors (Lipinski definition) is 8. The molecule has 0 aliphatic carbocycles. The molecule has 0 aliphatic heterocycles. The van der Waals surface area contributed by atoms with Crippen LogP contribution < -0.4 is 10.2 Å². The molecule has 4 aromatic rings. The molecule has 4 rings (SSSR count). The first-order valence-electron chi connectivity index (χ1n) is 8.50. The van der Waals surface area contributed by atoms with Crippen LogP contribution in [0.2, 0.25) is 0 Å². The number of hydrogen-bond donors (Lipinski definition) is 2. The van der Waals surface area contributed by atoms with Gasteiger partial charge in [-0.05, 0) is 19.1 Å². The van der Waals surface area contributed by atoms with Crippen molar-refractivity contribution in [2.75, 3.05) is 12.0 Å². The van der Waals surface area contributed by atoms with Crippen LogP contribution in [-0.2, 0) is 0 Å². The van der Waals surface area contributed by atoms with E-state index in [0.717, 1.165) is 20.9 Å². The molecular formula is C19H15N7OS. The number of rotatable bonds is 6. The van der Waals surface area contributed by atoms with Gasteiger partial charge in [-0.25, -0.2) is 15.0 Å². The van der Waals surface area contributed by atoms with Gasteiger partial charge in [0.2, 0.25) is 0 Å². The van der Waals surface area contributed by atoms with E-state index in [0.29, 0.717) is 29.3 Å². The van der Waals surface area contributed by atoms with Gasteiger partial charge < -0.3 is 9.72 Å². The lowest BCUT2D eigenvalue weighted by atomic mass is 10.1. The van der Waals surface area contributed by atoms with Crippen molar-refractivity contribution in [3.8, 4) is 22.3 Å². The number of aromatic nitrogens is 4. The van der Waals surface area contributed by atoms with Crippen LogP contribution >= 0.6 is 11.3 Å². The van der Waals surface area contributed by atoms with E-state index in [1.54, 1.807) is 18.6 Å². The van der Waals surface area contributed by atoms with Gasteiger partial charge in [0, 0.05) is 18.0 Å². The zero-order valence-corrected chi connectivity index (χ0v) is 15.7. The summed E-state index contributed by atoms with van der Waals surface area (Å²) in [6.45, 7) is 2.47. The molecule has 0 fully saturated rings. The largest absolute Gasteiger partial charge is 0.493 e. The molecule has 0 saturated carbocycles. The number of ether oxygens (including phenoxy) is 1. The SMILES string of the molecule is CCOc1ccccc1-c1sc2c(N/N=C/c3ncc[nH]3)ncnc2c1C#N. The summed E-state index contributed by atoms with van der Waals surface area (Å²) in [6.07, 6.45) is 6.33. The van der Waals surface area contributed by atoms with Gasteiger partial charge in [-0.1, -0.05) is 12.1 Å². The summed E-state index contributed by atoms with van der Waals surface area (Å²) in [5.74, 6) is 1.87. The summed E-state index contributed by atoms with van der Waals surface area (Å²) in [5, 5.41) is 13.9. The van der Waals surface area contributed by atoms with Gasteiger partial charge in [0.25, 0.3) is 0 Å². The normalized spacial score (nSPS) is 11.0. The minimum atomic E-state index is 0.493. The molecule has 1 aromatic carbocycles. The molecule has 3 aromatic heterocycles. The highest BCUT2D eigenvalue weighted by atomic mass is 32.1. The van der Waals surface area contributed by atoms with E-state index in [2.05, 4.69) is 36.5 Å². The maximum absolute atomic E-state index is 9.77. The molecule has 28 heavy (non-hydrogen) atoms. The third-order valence-corrected chi connectivity index (χ3v) is 5.11. The third-order valence-electron chi connectivity index (χ3n) is 3.89. The van der Waals surface area contributed by atoms with Gasteiger partial charge >= 0.3 is 0 Å². The zero-order chi connectivity index (χ0) is 19.3. The standard InChI is InChI=1S/C19H15N7OS/c1-2-27-14-6-4-3-5-12(14)17-13(9-20)16-18(28-17)19(24-11-23-16)26-25-10-15-21-7-8-22-15/h3-8,10-11H,2H2,1H3,(H,21,22)(H,23,24,26)/b25-10+. The fraction of sp³-hybridized carbons (Fsp3) is 0.105. The van der Waals surface area contributed by atoms with Crippen molar-refractivity contribution in [1.29, 1.82) is 5.26 Å². The summed E-state index contributed by atoms with van der Waals surface area (Å²) in [6, 6.07) is 9.93. The number of para-hydroxylation sites is 1. The lowest BCUT2D eigenvalue weighted by Gasteiger charge is -2.08. The minimum Gasteiger partial charge on any atom is -0.493 e. The lowest BCUT2D eigenvalue weighted by Crippen LogP contribution is -1.95. The Morgan fingerprint density at radius 3 is 3.00 bits per heavy atom. The molecule has 8 nitrogen and oxygen atoms in total. The Kier molecular flexibility index (Phi) is 4.95. The molecular weight excluding hydrogens is 374 g/mol. The molecule has 0 radical (unpaired) electrons. The quantitative estimate of drug-likeness (QED) is 0.383. The van der Waals surface area contributed by atoms with E-state index in [-0.39, 0.29) is 0 Å². The van der Waals surface area contributed by atoms with E-state index >= 15 is 0 Å². The minimum absolute atomic E-state index is 0.493. The van der Waals surface area contributed by atoms with Crippen molar-refractivity contribution < 1.29 is 4.74 Å². The van der Waals surface area contributed by atoms with Crippen LogP contribution in [0.5, 0.6) is 5.75 Å². The van der Waals surface area contributed by atoms with Crippen LogP contribution in [0, 0.1) is 11.3 Å². The van der Waals surface area contributed by atoms with Crippen LogP contribution in [0.3, 0.4) is 0 Å². The number of anilines is 1. The zero-order valence-electron chi connectivity index (χ0n) is 14.9. The Hall–Kier alpha value is -3.77. The van der Waals surface area contributed by atoms with Crippen LogP contribution in [0.1, 0.15) is 18.3 Å².